The van der Waals surface area contributed by atoms with Gasteiger partial charge >= 0.3 is 5.69 Å². The van der Waals surface area contributed by atoms with Gasteiger partial charge in [0.05, 0.1) is 17.2 Å². The van der Waals surface area contributed by atoms with Gasteiger partial charge in [-0.25, -0.2) is 22.6 Å². The Bertz CT molecular complexity index is 1050. The quantitative estimate of drug-likeness (QED) is 0.403. The monoisotopic (exact) mass is 443 g/mol. The number of carbonyl (C=O) groups excluding carboxylic acids is 1. The van der Waals surface area contributed by atoms with Gasteiger partial charge in [-0.1, -0.05) is 12.1 Å². The topological polar surface area (TPSA) is 114 Å². The summed E-state index contributed by atoms with van der Waals surface area (Å²) in [6.45, 7) is 3.17. The van der Waals surface area contributed by atoms with Crippen LogP contribution in [0, 0.1) is 24.0 Å². The van der Waals surface area contributed by atoms with Crippen LogP contribution in [0.15, 0.2) is 36.0 Å². The van der Waals surface area contributed by atoms with Crippen LogP contribution in [-0.2, 0) is 6.54 Å². The Morgan fingerprint density at radius 1 is 1.26 bits per heavy atom. The molecule has 3 rings (SSSR count). The summed E-state index contributed by atoms with van der Waals surface area (Å²) in [7, 11) is 0. The van der Waals surface area contributed by atoms with E-state index in [1.807, 2.05) is 5.43 Å². The van der Waals surface area contributed by atoms with Crippen molar-refractivity contribution in [3.05, 3.63) is 68.7 Å². The zero-order valence-electron chi connectivity index (χ0n) is 16.2. The summed E-state index contributed by atoms with van der Waals surface area (Å²) in [6.07, 6.45) is -6.53. The molecule has 1 aliphatic rings. The van der Waals surface area contributed by atoms with Gasteiger partial charge in [-0.2, -0.15) is 5.10 Å². The normalized spacial score (nSPS) is 18.5. The first-order valence-electron chi connectivity index (χ1n) is 8.85. The Balaban J connectivity index is 1.81. The predicted octanol–water partition coefficient (Wildman–Crippen LogP) is 2.52. The molecular formula is C18H17F4N5O4. The molecule has 0 bridgehead atoms. The van der Waals surface area contributed by atoms with Crippen LogP contribution in [0.2, 0.25) is 0 Å². The second kappa shape index (κ2) is 7.98. The lowest BCUT2D eigenvalue weighted by Crippen LogP contribution is -2.56. The molecule has 13 heteroatoms. The van der Waals surface area contributed by atoms with Crippen LogP contribution in [-0.4, -0.2) is 49.3 Å². The molecule has 0 saturated heterocycles. The molecule has 2 N–H and O–H groups in total. The molecule has 1 amide bonds. The Hall–Kier alpha value is -3.48. The lowest BCUT2D eigenvalue weighted by molar-refractivity contribution is -0.386. The minimum atomic E-state index is -3.54. The smallest absolute Gasteiger partial charge is 0.312 e. The number of hydrogen-bond donors (Lipinski definition) is 2. The maximum Gasteiger partial charge on any atom is 0.312 e. The standard InChI is InChI=1S/C18H17F4N5O4/c1-9-14(27(30)31)10(2)25(23-9)8-11-3-5-12(6-4-11)16(28)26-18(29,17(21)22)7-13(24-26)15(19)20/h3-7,15,17,24,29H,8H2,1-2H3. The number of halogens is 4. The molecule has 1 unspecified atom stereocenters. The zero-order chi connectivity index (χ0) is 23.1. The van der Waals surface area contributed by atoms with Crippen molar-refractivity contribution in [2.75, 3.05) is 0 Å². The van der Waals surface area contributed by atoms with E-state index < -0.39 is 35.1 Å². The third-order valence-electron chi connectivity index (χ3n) is 4.79. The number of alkyl halides is 4. The SMILES string of the molecule is Cc1nn(Cc2ccc(C(=O)N3NC(C(F)F)=CC3(O)C(F)F)cc2)c(C)c1[N+](=O)[O-]. The molecule has 31 heavy (non-hydrogen) atoms. The first-order chi connectivity index (χ1) is 14.5. The van der Waals surface area contributed by atoms with E-state index in [4.69, 9.17) is 0 Å². The molecule has 0 radical (unpaired) electrons. The van der Waals surface area contributed by atoms with E-state index in [-0.39, 0.29) is 34.6 Å². The van der Waals surface area contributed by atoms with Gasteiger partial charge in [-0.3, -0.25) is 25.0 Å². The predicted molar refractivity (Wildman–Crippen MR) is 98.2 cm³/mol. The fraction of sp³-hybridized carbons (Fsp3) is 0.333. The average Bonchev–Trinajstić information content (AvgIpc) is 3.19. The average molecular weight is 443 g/mol. The van der Waals surface area contributed by atoms with Crippen molar-refractivity contribution in [1.29, 1.82) is 0 Å². The van der Waals surface area contributed by atoms with E-state index >= 15 is 0 Å². The van der Waals surface area contributed by atoms with Crippen LogP contribution in [0.1, 0.15) is 27.3 Å². The first-order valence-corrected chi connectivity index (χ1v) is 8.85. The molecule has 1 atom stereocenters. The van der Waals surface area contributed by atoms with Crippen LogP contribution in [0.25, 0.3) is 0 Å². The molecule has 166 valence electrons. The number of hydrazine groups is 1. The maximum absolute atomic E-state index is 13.3. The number of aliphatic hydroxyl groups is 1. The van der Waals surface area contributed by atoms with Gasteiger partial charge in [0.25, 0.3) is 18.8 Å². The molecule has 0 fully saturated rings. The van der Waals surface area contributed by atoms with Gasteiger partial charge in [0.15, 0.2) is 0 Å². The fourth-order valence-electron chi connectivity index (χ4n) is 3.19. The number of nitrogens with zero attached hydrogens (tertiary/aromatic N) is 4. The van der Waals surface area contributed by atoms with Gasteiger partial charge < -0.3 is 5.11 Å². The summed E-state index contributed by atoms with van der Waals surface area (Å²) in [5.41, 5.74) is -1.53. The van der Waals surface area contributed by atoms with Crippen LogP contribution in [0.3, 0.4) is 0 Å². The molecule has 9 nitrogen and oxygen atoms in total. The summed E-state index contributed by atoms with van der Waals surface area (Å²) in [5, 5.41) is 25.3. The number of nitrogens with one attached hydrogen (secondary N) is 1. The number of amides is 1. The first kappa shape index (κ1) is 22.2. The van der Waals surface area contributed by atoms with Crippen molar-refractivity contribution in [2.45, 2.75) is 39.0 Å². The van der Waals surface area contributed by atoms with Crippen LogP contribution in [0.4, 0.5) is 23.2 Å². The van der Waals surface area contributed by atoms with Crippen molar-refractivity contribution in [2.24, 2.45) is 0 Å². The third kappa shape index (κ3) is 3.95. The number of benzene rings is 1. The summed E-state index contributed by atoms with van der Waals surface area (Å²) < 4.78 is 53.8. The zero-order valence-corrected chi connectivity index (χ0v) is 16.2. The van der Waals surface area contributed by atoms with Crippen molar-refractivity contribution in [3.63, 3.8) is 0 Å². The highest BCUT2D eigenvalue weighted by atomic mass is 19.3. The number of rotatable bonds is 6. The molecule has 1 aliphatic heterocycles. The number of nitro groups is 1. The Kier molecular flexibility index (Phi) is 5.72. The van der Waals surface area contributed by atoms with Gasteiger partial charge in [0, 0.05) is 11.6 Å². The van der Waals surface area contributed by atoms with Crippen molar-refractivity contribution in [1.82, 2.24) is 20.2 Å². The molecular weight excluding hydrogens is 426 g/mol. The molecule has 1 aromatic carbocycles. The summed E-state index contributed by atoms with van der Waals surface area (Å²) in [6, 6.07) is 5.42. The summed E-state index contributed by atoms with van der Waals surface area (Å²) in [5.74, 6) is -1.15. The second-order valence-electron chi connectivity index (χ2n) is 6.87. The third-order valence-corrected chi connectivity index (χ3v) is 4.79. The van der Waals surface area contributed by atoms with E-state index in [0.717, 1.165) is 0 Å². The largest absolute Gasteiger partial charge is 0.361 e. The number of aryl methyl sites for hydroxylation is 1. The maximum atomic E-state index is 13.3. The summed E-state index contributed by atoms with van der Waals surface area (Å²) in [4.78, 5) is 23.1. The Morgan fingerprint density at radius 3 is 2.35 bits per heavy atom. The van der Waals surface area contributed by atoms with Crippen molar-refractivity contribution < 1.29 is 32.4 Å². The highest BCUT2D eigenvalue weighted by Crippen LogP contribution is 2.31. The molecule has 0 saturated carbocycles. The highest BCUT2D eigenvalue weighted by molar-refractivity contribution is 5.95. The summed E-state index contributed by atoms with van der Waals surface area (Å²) >= 11 is 0. The molecule has 1 aromatic heterocycles. The second-order valence-corrected chi connectivity index (χ2v) is 6.87. The van der Waals surface area contributed by atoms with Gasteiger partial charge in [-0.05, 0) is 31.5 Å². The Labute approximate surface area is 172 Å². The fourth-order valence-corrected chi connectivity index (χ4v) is 3.19. The lowest BCUT2D eigenvalue weighted by atomic mass is 10.1. The van der Waals surface area contributed by atoms with E-state index in [2.05, 4.69) is 5.10 Å². The number of carbonyl (C=O) groups is 1. The van der Waals surface area contributed by atoms with E-state index in [0.29, 0.717) is 11.3 Å². The number of aromatic nitrogens is 2. The lowest BCUT2D eigenvalue weighted by Gasteiger charge is -2.31. The van der Waals surface area contributed by atoms with Crippen LogP contribution < -0.4 is 5.43 Å². The van der Waals surface area contributed by atoms with Gasteiger partial charge in [0.2, 0.25) is 5.72 Å². The minimum Gasteiger partial charge on any atom is -0.361 e. The number of hydrogen-bond acceptors (Lipinski definition) is 6. The van der Waals surface area contributed by atoms with E-state index in [9.17, 15) is 37.6 Å². The molecule has 0 aliphatic carbocycles. The van der Waals surface area contributed by atoms with Gasteiger partial charge in [0.1, 0.15) is 11.4 Å². The number of allylic oxidation sites excluding steroid dienone is 1. The van der Waals surface area contributed by atoms with Crippen molar-refractivity contribution in [3.8, 4) is 0 Å². The highest BCUT2D eigenvalue weighted by Gasteiger charge is 2.51. The van der Waals surface area contributed by atoms with Gasteiger partial charge in [-0.15, -0.1) is 0 Å². The van der Waals surface area contributed by atoms with E-state index in [1.54, 1.807) is 0 Å². The molecule has 2 aromatic rings. The molecule has 0 spiro atoms. The van der Waals surface area contributed by atoms with E-state index in [1.165, 1.54) is 42.8 Å². The van der Waals surface area contributed by atoms with Crippen molar-refractivity contribution >= 4 is 11.6 Å². The van der Waals surface area contributed by atoms with Crippen LogP contribution >= 0.6 is 0 Å². The Morgan fingerprint density at radius 2 is 1.87 bits per heavy atom. The van der Waals surface area contributed by atoms with Crippen LogP contribution in [0.5, 0.6) is 0 Å². The minimum absolute atomic E-state index is 0.0541. The molecule has 2 heterocycles.